The van der Waals surface area contributed by atoms with E-state index < -0.39 is 0 Å². The van der Waals surface area contributed by atoms with Crippen molar-refractivity contribution in [3.8, 4) is 0 Å². The van der Waals surface area contributed by atoms with Crippen LogP contribution in [0, 0.1) is 0 Å². The molecule has 2 heterocycles. The first-order valence-electron chi connectivity index (χ1n) is 7.92. The summed E-state index contributed by atoms with van der Waals surface area (Å²) in [6.45, 7) is 10.2. The maximum Gasteiger partial charge on any atom is 0.0594 e. The largest absolute Gasteiger partial charge is 0.379 e. The topological polar surface area (TPSA) is 15.7 Å². The maximum absolute atomic E-state index is 5.42. The van der Waals surface area contributed by atoms with Gasteiger partial charge in [0.1, 0.15) is 0 Å². The molecule has 0 aliphatic carbocycles. The lowest BCUT2D eigenvalue weighted by Gasteiger charge is -2.47. The number of likely N-dealkylation sites (tertiary alicyclic amines) is 1. The number of rotatable bonds is 5. The lowest BCUT2D eigenvalue weighted by Crippen LogP contribution is -2.61. The molecular formula is C17H26N2O. The predicted octanol–water partition coefficient (Wildman–Crippen LogP) is 2.20. The number of benzene rings is 1. The van der Waals surface area contributed by atoms with Gasteiger partial charge in [0.15, 0.2) is 0 Å². The van der Waals surface area contributed by atoms with Crippen LogP contribution in [0.4, 0.5) is 0 Å². The molecule has 3 rings (SSSR count). The van der Waals surface area contributed by atoms with Gasteiger partial charge in [-0.3, -0.25) is 4.90 Å². The van der Waals surface area contributed by atoms with Gasteiger partial charge < -0.3 is 9.64 Å². The van der Waals surface area contributed by atoms with Crippen LogP contribution in [0.1, 0.15) is 24.8 Å². The minimum absolute atomic E-state index is 0.665. The first-order chi connectivity index (χ1) is 9.83. The molecule has 0 unspecified atom stereocenters. The fourth-order valence-corrected chi connectivity index (χ4v) is 3.22. The lowest BCUT2D eigenvalue weighted by atomic mass is 9.96. The molecule has 2 aliphatic heterocycles. The summed E-state index contributed by atoms with van der Waals surface area (Å²) in [6.07, 6.45) is 1.26. The molecule has 110 valence electrons. The molecule has 2 aliphatic rings. The molecule has 0 N–H and O–H groups in total. The van der Waals surface area contributed by atoms with E-state index in [4.69, 9.17) is 4.74 Å². The van der Waals surface area contributed by atoms with Crippen LogP contribution in [0.3, 0.4) is 0 Å². The fourth-order valence-electron chi connectivity index (χ4n) is 3.22. The van der Waals surface area contributed by atoms with Gasteiger partial charge in [0.05, 0.1) is 13.2 Å². The van der Waals surface area contributed by atoms with Crippen LogP contribution in [0.25, 0.3) is 0 Å². The van der Waals surface area contributed by atoms with Crippen molar-refractivity contribution in [1.82, 2.24) is 9.80 Å². The Labute approximate surface area is 122 Å². The first-order valence-corrected chi connectivity index (χ1v) is 7.92. The molecule has 0 aromatic heterocycles. The van der Waals surface area contributed by atoms with Crippen molar-refractivity contribution in [1.29, 1.82) is 0 Å². The summed E-state index contributed by atoms with van der Waals surface area (Å²) >= 11 is 0. The van der Waals surface area contributed by atoms with Gasteiger partial charge in [-0.1, -0.05) is 37.3 Å². The second kappa shape index (κ2) is 6.70. The standard InChI is InChI=1S/C17H26N2O/c1-15(16-5-3-2-4-6-16)7-8-18-13-17(14-18)19-9-11-20-12-10-19/h2-6,15,17H,7-14H2,1H3/t15-/m0/s1. The van der Waals surface area contributed by atoms with Gasteiger partial charge in [-0.05, 0) is 24.4 Å². The Morgan fingerprint density at radius 3 is 2.55 bits per heavy atom. The summed E-state index contributed by atoms with van der Waals surface area (Å²) in [6, 6.07) is 11.7. The Balaban J connectivity index is 1.36. The highest BCUT2D eigenvalue weighted by molar-refractivity contribution is 5.18. The van der Waals surface area contributed by atoms with Crippen molar-refractivity contribution in [3.05, 3.63) is 35.9 Å². The molecule has 1 aromatic rings. The van der Waals surface area contributed by atoms with E-state index >= 15 is 0 Å². The Kier molecular flexibility index (Phi) is 4.71. The van der Waals surface area contributed by atoms with E-state index in [0.717, 1.165) is 32.3 Å². The third-order valence-electron chi connectivity index (χ3n) is 4.75. The highest BCUT2D eigenvalue weighted by Gasteiger charge is 2.32. The molecule has 3 nitrogen and oxygen atoms in total. The zero-order valence-corrected chi connectivity index (χ0v) is 12.5. The molecule has 0 amide bonds. The summed E-state index contributed by atoms with van der Waals surface area (Å²) in [4.78, 5) is 5.19. The van der Waals surface area contributed by atoms with E-state index in [-0.39, 0.29) is 0 Å². The molecule has 3 heteroatoms. The molecule has 0 radical (unpaired) electrons. The summed E-state index contributed by atoms with van der Waals surface area (Å²) in [7, 11) is 0. The number of morpholine rings is 1. The molecule has 2 saturated heterocycles. The molecule has 0 saturated carbocycles. The van der Waals surface area contributed by atoms with E-state index in [9.17, 15) is 0 Å². The van der Waals surface area contributed by atoms with Gasteiger partial charge in [0.25, 0.3) is 0 Å². The number of hydrogen-bond acceptors (Lipinski definition) is 3. The molecule has 1 atom stereocenters. The number of ether oxygens (including phenoxy) is 1. The molecule has 20 heavy (non-hydrogen) atoms. The van der Waals surface area contributed by atoms with E-state index in [1.54, 1.807) is 0 Å². The SMILES string of the molecule is C[C@@H](CCN1CC(N2CCOCC2)C1)c1ccccc1. The number of hydrogen-bond donors (Lipinski definition) is 0. The first kappa shape index (κ1) is 14.1. The number of nitrogens with zero attached hydrogens (tertiary/aromatic N) is 2. The summed E-state index contributed by atoms with van der Waals surface area (Å²) in [5.74, 6) is 0.665. The summed E-state index contributed by atoms with van der Waals surface area (Å²) in [5, 5.41) is 0. The molecule has 0 bridgehead atoms. The van der Waals surface area contributed by atoms with Gasteiger partial charge in [-0.25, -0.2) is 0 Å². The van der Waals surface area contributed by atoms with Crippen LogP contribution in [-0.2, 0) is 4.74 Å². The van der Waals surface area contributed by atoms with Gasteiger partial charge in [-0.15, -0.1) is 0 Å². The minimum Gasteiger partial charge on any atom is -0.379 e. The van der Waals surface area contributed by atoms with E-state index in [0.29, 0.717) is 5.92 Å². The average Bonchev–Trinajstić information content (AvgIpc) is 2.47. The summed E-state index contributed by atoms with van der Waals surface area (Å²) in [5.41, 5.74) is 1.47. The van der Waals surface area contributed by atoms with Crippen molar-refractivity contribution in [2.75, 3.05) is 45.9 Å². The van der Waals surface area contributed by atoms with Crippen molar-refractivity contribution in [2.24, 2.45) is 0 Å². The predicted molar refractivity (Wildman–Crippen MR) is 82.1 cm³/mol. The molecular weight excluding hydrogens is 248 g/mol. The van der Waals surface area contributed by atoms with Crippen molar-refractivity contribution in [3.63, 3.8) is 0 Å². The zero-order valence-electron chi connectivity index (χ0n) is 12.5. The highest BCUT2D eigenvalue weighted by Crippen LogP contribution is 2.22. The van der Waals surface area contributed by atoms with Crippen LogP contribution in [0.5, 0.6) is 0 Å². The third kappa shape index (κ3) is 3.40. The second-order valence-corrected chi connectivity index (χ2v) is 6.16. The monoisotopic (exact) mass is 274 g/mol. The quantitative estimate of drug-likeness (QED) is 0.818. The molecule has 2 fully saturated rings. The van der Waals surface area contributed by atoms with E-state index in [2.05, 4.69) is 47.1 Å². The molecule has 1 aromatic carbocycles. The van der Waals surface area contributed by atoms with E-state index in [1.165, 1.54) is 31.6 Å². The smallest absolute Gasteiger partial charge is 0.0594 e. The van der Waals surface area contributed by atoms with Crippen LogP contribution < -0.4 is 0 Å². The zero-order chi connectivity index (χ0) is 13.8. The fraction of sp³-hybridized carbons (Fsp3) is 0.647. The average molecular weight is 274 g/mol. The van der Waals surface area contributed by atoms with Gasteiger partial charge in [0.2, 0.25) is 0 Å². The molecule has 0 spiro atoms. The van der Waals surface area contributed by atoms with Gasteiger partial charge in [-0.2, -0.15) is 0 Å². The maximum atomic E-state index is 5.42. The normalized spacial score (nSPS) is 23.4. The highest BCUT2D eigenvalue weighted by atomic mass is 16.5. The van der Waals surface area contributed by atoms with Crippen LogP contribution in [0.15, 0.2) is 30.3 Å². The third-order valence-corrected chi connectivity index (χ3v) is 4.75. The van der Waals surface area contributed by atoms with Crippen LogP contribution in [-0.4, -0.2) is 61.8 Å². The minimum atomic E-state index is 0.665. The second-order valence-electron chi connectivity index (χ2n) is 6.16. The van der Waals surface area contributed by atoms with Crippen molar-refractivity contribution >= 4 is 0 Å². The van der Waals surface area contributed by atoms with Gasteiger partial charge >= 0.3 is 0 Å². The van der Waals surface area contributed by atoms with Crippen molar-refractivity contribution in [2.45, 2.75) is 25.3 Å². The Hall–Kier alpha value is -0.900. The Morgan fingerprint density at radius 1 is 1.15 bits per heavy atom. The van der Waals surface area contributed by atoms with Crippen LogP contribution >= 0.6 is 0 Å². The van der Waals surface area contributed by atoms with Crippen LogP contribution in [0.2, 0.25) is 0 Å². The Morgan fingerprint density at radius 2 is 1.85 bits per heavy atom. The van der Waals surface area contributed by atoms with Gasteiger partial charge in [0, 0.05) is 32.2 Å². The Bertz CT molecular complexity index is 397. The van der Waals surface area contributed by atoms with Crippen molar-refractivity contribution < 1.29 is 4.74 Å². The summed E-state index contributed by atoms with van der Waals surface area (Å²) < 4.78 is 5.42. The van der Waals surface area contributed by atoms with E-state index in [1.807, 2.05) is 0 Å². The lowest BCUT2D eigenvalue weighted by molar-refractivity contribution is -0.0324.